The van der Waals surface area contributed by atoms with E-state index in [1.165, 1.54) is 0 Å². The van der Waals surface area contributed by atoms with E-state index in [0.29, 0.717) is 31.3 Å². The molecule has 17 heavy (non-hydrogen) atoms. The van der Waals surface area contributed by atoms with Crippen molar-refractivity contribution >= 4 is 5.78 Å². The van der Waals surface area contributed by atoms with Gasteiger partial charge in [-0.15, -0.1) is 0 Å². The van der Waals surface area contributed by atoms with Crippen molar-refractivity contribution in [1.82, 2.24) is 5.32 Å². The molecule has 1 saturated heterocycles. The Bertz CT molecular complexity index is 367. The van der Waals surface area contributed by atoms with E-state index in [4.69, 9.17) is 9.47 Å². The van der Waals surface area contributed by atoms with E-state index < -0.39 is 0 Å². The Morgan fingerprint density at radius 2 is 2.18 bits per heavy atom. The molecule has 0 amide bonds. The van der Waals surface area contributed by atoms with Crippen LogP contribution in [0.3, 0.4) is 0 Å². The number of Topliss-reactive ketones (excluding diaryl/α,β-unsaturated/α-hetero) is 1. The van der Waals surface area contributed by atoms with Crippen molar-refractivity contribution in [3.05, 3.63) is 36.6 Å². The maximum Gasteiger partial charge on any atom is 0.174 e. The molecule has 0 aromatic rings. The van der Waals surface area contributed by atoms with Crippen LogP contribution >= 0.6 is 0 Å². The average molecular weight is 235 g/mol. The predicted octanol–water partition coefficient (Wildman–Crippen LogP) is 1.16. The number of ether oxygens (including phenoxy) is 2. The van der Waals surface area contributed by atoms with Crippen LogP contribution < -0.4 is 5.32 Å². The molecule has 1 N–H and O–H groups in total. The normalized spacial score (nSPS) is 29.8. The summed E-state index contributed by atoms with van der Waals surface area (Å²) in [6.45, 7) is 8.87. The van der Waals surface area contributed by atoms with E-state index in [-0.39, 0.29) is 17.7 Å². The molecule has 0 aromatic heterocycles. The molecule has 2 rings (SSSR count). The quantitative estimate of drug-likeness (QED) is 0.797. The molecule has 2 aliphatic heterocycles. The van der Waals surface area contributed by atoms with Crippen molar-refractivity contribution in [2.24, 2.45) is 5.92 Å². The van der Waals surface area contributed by atoms with Crippen LogP contribution in [-0.4, -0.2) is 31.8 Å². The number of ketones is 1. The Hall–Kier alpha value is -1.39. The smallest absolute Gasteiger partial charge is 0.174 e. The van der Waals surface area contributed by atoms with Crippen molar-refractivity contribution in [2.75, 3.05) is 19.9 Å². The van der Waals surface area contributed by atoms with Crippen LogP contribution in [0.25, 0.3) is 0 Å². The third-order valence-corrected chi connectivity index (χ3v) is 3.18. The van der Waals surface area contributed by atoms with Gasteiger partial charge in [-0.1, -0.05) is 19.2 Å². The van der Waals surface area contributed by atoms with Crippen molar-refractivity contribution in [1.29, 1.82) is 0 Å². The van der Waals surface area contributed by atoms with Gasteiger partial charge in [-0.05, 0) is 12.5 Å². The highest BCUT2D eigenvalue weighted by molar-refractivity contribution is 6.01. The summed E-state index contributed by atoms with van der Waals surface area (Å²) in [5.41, 5.74) is 0.532. The fraction of sp³-hybridized carbons (Fsp3) is 0.462. The number of rotatable bonds is 3. The number of carbonyl (C=O) groups is 1. The van der Waals surface area contributed by atoms with Gasteiger partial charge in [-0.3, -0.25) is 10.1 Å². The second-order valence-electron chi connectivity index (χ2n) is 4.12. The highest BCUT2D eigenvalue weighted by atomic mass is 16.5. The molecule has 0 aliphatic carbocycles. The van der Waals surface area contributed by atoms with Gasteiger partial charge in [0.25, 0.3) is 0 Å². The number of nitrogens with one attached hydrogen (secondary N) is 1. The van der Waals surface area contributed by atoms with E-state index in [1.807, 2.05) is 0 Å². The van der Waals surface area contributed by atoms with Gasteiger partial charge in [0, 0.05) is 12.6 Å². The van der Waals surface area contributed by atoms with Crippen molar-refractivity contribution in [2.45, 2.75) is 12.5 Å². The molecule has 0 bridgehead atoms. The lowest BCUT2D eigenvalue weighted by atomic mass is 9.87. The van der Waals surface area contributed by atoms with Crippen LogP contribution in [-0.2, 0) is 14.3 Å². The predicted molar refractivity (Wildman–Crippen MR) is 64.2 cm³/mol. The second kappa shape index (κ2) is 5.29. The van der Waals surface area contributed by atoms with E-state index in [9.17, 15) is 4.79 Å². The summed E-state index contributed by atoms with van der Waals surface area (Å²) < 4.78 is 10.8. The summed E-state index contributed by atoms with van der Waals surface area (Å²) in [5.74, 6) is 0.462. The molecular formula is C13H17NO3. The maximum absolute atomic E-state index is 12.3. The molecule has 0 radical (unpaired) electrons. The first kappa shape index (κ1) is 12.1. The highest BCUT2D eigenvalue weighted by Gasteiger charge is 2.35. The fourth-order valence-corrected chi connectivity index (χ4v) is 2.22. The molecule has 1 fully saturated rings. The first-order valence-corrected chi connectivity index (χ1v) is 5.75. The summed E-state index contributed by atoms with van der Waals surface area (Å²) in [7, 11) is 0. The molecule has 0 spiro atoms. The molecule has 0 saturated carbocycles. The lowest BCUT2D eigenvalue weighted by Gasteiger charge is -2.33. The van der Waals surface area contributed by atoms with Gasteiger partial charge in [-0.2, -0.15) is 0 Å². The second-order valence-corrected chi connectivity index (χ2v) is 4.12. The zero-order chi connectivity index (χ0) is 12.3. The van der Waals surface area contributed by atoms with Crippen molar-refractivity contribution < 1.29 is 14.3 Å². The van der Waals surface area contributed by atoms with Crippen LogP contribution in [0.1, 0.15) is 6.42 Å². The van der Waals surface area contributed by atoms with Gasteiger partial charge in [0.15, 0.2) is 5.78 Å². The van der Waals surface area contributed by atoms with E-state index >= 15 is 0 Å². The van der Waals surface area contributed by atoms with Gasteiger partial charge in [0.1, 0.15) is 5.76 Å². The number of allylic oxidation sites excluding steroid dienone is 3. The molecule has 4 heteroatoms. The molecule has 92 valence electrons. The van der Waals surface area contributed by atoms with Gasteiger partial charge in [-0.25, -0.2) is 0 Å². The van der Waals surface area contributed by atoms with Crippen LogP contribution in [0.15, 0.2) is 36.6 Å². The molecular weight excluding hydrogens is 218 g/mol. The van der Waals surface area contributed by atoms with Crippen LogP contribution in [0.4, 0.5) is 0 Å². The van der Waals surface area contributed by atoms with Crippen LogP contribution in [0.2, 0.25) is 0 Å². The zero-order valence-electron chi connectivity index (χ0n) is 9.78. The summed E-state index contributed by atoms with van der Waals surface area (Å²) >= 11 is 0. The molecule has 2 aliphatic rings. The molecule has 2 heterocycles. The maximum atomic E-state index is 12.3. The minimum absolute atomic E-state index is 0.0838. The highest BCUT2D eigenvalue weighted by Crippen LogP contribution is 2.26. The third-order valence-electron chi connectivity index (χ3n) is 3.18. The molecule has 4 nitrogen and oxygen atoms in total. The minimum atomic E-state index is -0.157. The minimum Gasteiger partial charge on any atom is -0.492 e. The Balaban J connectivity index is 2.17. The Kier molecular flexibility index (Phi) is 3.76. The molecule has 2 unspecified atom stereocenters. The monoisotopic (exact) mass is 235 g/mol. The number of hydrogen-bond acceptors (Lipinski definition) is 4. The fourth-order valence-electron chi connectivity index (χ4n) is 2.22. The Labute approximate surface area is 101 Å². The molecule has 2 atom stereocenters. The first-order valence-electron chi connectivity index (χ1n) is 5.75. The Morgan fingerprint density at radius 3 is 2.76 bits per heavy atom. The largest absolute Gasteiger partial charge is 0.492 e. The summed E-state index contributed by atoms with van der Waals surface area (Å²) in [5, 5.41) is 3.19. The topological polar surface area (TPSA) is 47.6 Å². The van der Waals surface area contributed by atoms with E-state index in [1.54, 1.807) is 12.2 Å². The van der Waals surface area contributed by atoms with Crippen LogP contribution in [0.5, 0.6) is 0 Å². The van der Waals surface area contributed by atoms with Gasteiger partial charge < -0.3 is 9.47 Å². The first-order chi connectivity index (χ1) is 8.27. The summed E-state index contributed by atoms with van der Waals surface area (Å²) in [6.07, 6.45) is 3.93. The SMILES string of the molecule is C=CC1=C(C=C)C(=O)C(C2CCOCN2)CO1. The Morgan fingerprint density at radius 1 is 1.35 bits per heavy atom. The van der Waals surface area contributed by atoms with Crippen molar-refractivity contribution in [3.8, 4) is 0 Å². The van der Waals surface area contributed by atoms with E-state index in [2.05, 4.69) is 18.5 Å². The molecule has 0 aromatic carbocycles. The van der Waals surface area contributed by atoms with Gasteiger partial charge in [0.2, 0.25) is 0 Å². The van der Waals surface area contributed by atoms with E-state index in [0.717, 1.165) is 6.42 Å². The van der Waals surface area contributed by atoms with Gasteiger partial charge >= 0.3 is 0 Å². The number of carbonyl (C=O) groups excluding carboxylic acids is 1. The zero-order valence-corrected chi connectivity index (χ0v) is 9.78. The summed E-state index contributed by atoms with van der Waals surface area (Å²) in [4.78, 5) is 12.3. The average Bonchev–Trinajstić information content (AvgIpc) is 2.39. The lowest BCUT2D eigenvalue weighted by molar-refractivity contribution is -0.124. The summed E-state index contributed by atoms with van der Waals surface area (Å²) in [6, 6.07) is 0.123. The number of hydrogen-bond donors (Lipinski definition) is 1. The lowest BCUT2D eigenvalue weighted by Crippen LogP contribution is -2.48. The van der Waals surface area contributed by atoms with Crippen molar-refractivity contribution in [3.63, 3.8) is 0 Å². The third kappa shape index (κ3) is 2.33. The van der Waals surface area contributed by atoms with Crippen LogP contribution in [0, 0.1) is 5.92 Å². The standard InChI is InChI=1S/C13H17NO3/c1-3-9-12(4-2)17-7-10(13(9)15)11-5-6-16-8-14-11/h3-4,10-11,14H,1-2,5-8H2. The van der Waals surface area contributed by atoms with Gasteiger partial charge in [0.05, 0.1) is 24.8 Å².